The predicted octanol–water partition coefficient (Wildman–Crippen LogP) is 4.13. The van der Waals surface area contributed by atoms with Gasteiger partial charge in [-0.05, 0) is 13.3 Å². The number of carboxylic acids is 1. The summed E-state index contributed by atoms with van der Waals surface area (Å²) < 4.78 is 0. The third-order valence-corrected chi connectivity index (χ3v) is 3.81. The number of carbonyl (C=O) groups excluding carboxylic acids is 1. The molecule has 0 saturated carbocycles. The van der Waals surface area contributed by atoms with Crippen molar-refractivity contribution in [2.24, 2.45) is 5.92 Å². The summed E-state index contributed by atoms with van der Waals surface area (Å²) in [5.74, 6) is -2.23. The minimum Gasteiger partial charge on any atom is -0.481 e. The van der Waals surface area contributed by atoms with Crippen LogP contribution in [0.25, 0.3) is 0 Å². The van der Waals surface area contributed by atoms with Crippen LogP contribution in [0.4, 0.5) is 0 Å². The van der Waals surface area contributed by atoms with E-state index in [1.165, 1.54) is 44.9 Å². The fraction of sp³-hybridized carbons (Fsp3) is 0.882. The summed E-state index contributed by atoms with van der Waals surface area (Å²) in [5, 5.41) is 11.6. The topological polar surface area (TPSA) is 66.4 Å². The molecule has 0 aromatic heterocycles. The molecule has 1 amide bonds. The maximum atomic E-state index is 11.6. The summed E-state index contributed by atoms with van der Waals surface area (Å²) in [6.45, 7) is 4.52. The van der Waals surface area contributed by atoms with Crippen LogP contribution < -0.4 is 5.32 Å². The van der Waals surface area contributed by atoms with Gasteiger partial charge in [-0.25, -0.2) is 0 Å². The summed E-state index contributed by atoms with van der Waals surface area (Å²) >= 11 is 0. The zero-order valence-corrected chi connectivity index (χ0v) is 13.8. The molecule has 0 aliphatic rings. The van der Waals surface area contributed by atoms with Gasteiger partial charge in [0.05, 0.1) is 0 Å². The Balaban J connectivity index is 3.54. The number of carboxylic acid groups (broad SMARTS) is 1. The Labute approximate surface area is 129 Å². The second-order valence-corrected chi connectivity index (χ2v) is 5.76. The van der Waals surface area contributed by atoms with Gasteiger partial charge >= 0.3 is 5.97 Å². The highest BCUT2D eigenvalue weighted by atomic mass is 16.4. The van der Waals surface area contributed by atoms with Crippen LogP contribution >= 0.6 is 0 Å². The van der Waals surface area contributed by atoms with Crippen LogP contribution in [0, 0.1) is 5.92 Å². The van der Waals surface area contributed by atoms with E-state index in [1.807, 2.05) is 0 Å². The van der Waals surface area contributed by atoms with Crippen LogP contribution in [0.15, 0.2) is 0 Å². The Morgan fingerprint density at radius 1 is 0.857 bits per heavy atom. The molecule has 0 saturated heterocycles. The molecule has 0 bridgehead atoms. The largest absolute Gasteiger partial charge is 0.481 e. The highest BCUT2D eigenvalue weighted by Gasteiger charge is 2.24. The molecule has 4 heteroatoms. The van der Waals surface area contributed by atoms with E-state index in [-0.39, 0.29) is 5.91 Å². The van der Waals surface area contributed by atoms with Crippen LogP contribution in [0.2, 0.25) is 0 Å². The van der Waals surface area contributed by atoms with Crippen molar-refractivity contribution in [3.05, 3.63) is 0 Å². The van der Waals surface area contributed by atoms with E-state index in [2.05, 4.69) is 12.2 Å². The van der Waals surface area contributed by atoms with Gasteiger partial charge in [-0.15, -0.1) is 0 Å². The van der Waals surface area contributed by atoms with Gasteiger partial charge in [0.2, 0.25) is 5.91 Å². The number of nitrogens with one attached hydrogen (secondary N) is 1. The van der Waals surface area contributed by atoms with Gasteiger partial charge in [-0.2, -0.15) is 0 Å². The van der Waals surface area contributed by atoms with E-state index in [4.69, 9.17) is 5.11 Å². The zero-order chi connectivity index (χ0) is 15.9. The minimum atomic E-state index is -1.00. The molecule has 0 heterocycles. The van der Waals surface area contributed by atoms with Crippen LogP contribution in [0.3, 0.4) is 0 Å². The highest BCUT2D eigenvalue weighted by molar-refractivity contribution is 5.96. The van der Waals surface area contributed by atoms with Gasteiger partial charge in [0.25, 0.3) is 0 Å². The highest BCUT2D eigenvalue weighted by Crippen LogP contribution is 2.14. The predicted molar refractivity (Wildman–Crippen MR) is 86.3 cm³/mol. The van der Waals surface area contributed by atoms with Crippen molar-refractivity contribution < 1.29 is 14.7 Å². The van der Waals surface area contributed by atoms with E-state index in [1.54, 1.807) is 6.92 Å². The molecular weight excluding hydrogens is 266 g/mol. The molecule has 4 nitrogen and oxygen atoms in total. The fourth-order valence-corrected chi connectivity index (χ4v) is 2.50. The fourth-order valence-electron chi connectivity index (χ4n) is 2.50. The molecule has 0 aliphatic heterocycles. The zero-order valence-electron chi connectivity index (χ0n) is 13.8. The third kappa shape index (κ3) is 11.3. The molecule has 0 aliphatic carbocycles. The Morgan fingerprint density at radius 3 is 1.76 bits per heavy atom. The lowest BCUT2D eigenvalue weighted by Crippen LogP contribution is -2.35. The molecule has 0 rings (SSSR count). The van der Waals surface area contributed by atoms with Crippen molar-refractivity contribution in [3.8, 4) is 0 Å². The van der Waals surface area contributed by atoms with E-state index in [9.17, 15) is 9.59 Å². The molecule has 0 radical (unpaired) electrons. The first-order chi connectivity index (χ1) is 10.1. The number of hydrogen-bond acceptors (Lipinski definition) is 2. The van der Waals surface area contributed by atoms with Gasteiger partial charge in [-0.1, -0.05) is 71.1 Å². The quantitative estimate of drug-likeness (QED) is 0.374. The Hall–Kier alpha value is -1.06. The van der Waals surface area contributed by atoms with E-state index in [0.717, 1.165) is 19.3 Å². The molecule has 1 unspecified atom stereocenters. The van der Waals surface area contributed by atoms with Gasteiger partial charge in [0.1, 0.15) is 5.92 Å². The average molecular weight is 299 g/mol. The van der Waals surface area contributed by atoms with Crippen molar-refractivity contribution in [2.45, 2.75) is 84.5 Å². The van der Waals surface area contributed by atoms with Crippen molar-refractivity contribution in [1.29, 1.82) is 0 Å². The smallest absolute Gasteiger partial charge is 0.316 e. The second kappa shape index (κ2) is 13.9. The normalized spacial score (nSPS) is 12.1. The first-order valence-corrected chi connectivity index (χ1v) is 8.64. The van der Waals surface area contributed by atoms with Crippen molar-refractivity contribution in [2.75, 3.05) is 6.54 Å². The number of hydrogen-bond donors (Lipinski definition) is 2. The Kier molecular flexibility index (Phi) is 13.2. The number of aliphatic carboxylic acids is 1. The van der Waals surface area contributed by atoms with Gasteiger partial charge in [-0.3, -0.25) is 9.59 Å². The van der Waals surface area contributed by atoms with Crippen LogP contribution in [0.5, 0.6) is 0 Å². The lowest BCUT2D eigenvalue weighted by molar-refractivity contribution is -0.147. The minimum absolute atomic E-state index is 0.346. The molecule has 21 heavy (non-hydrogen) atoms. The lowest BCUT2D eigenvalue weighted by atomic mass is 9.99. The first-order valence-electron chi connectivity index (χ1n) is 8.64. The molecule has 1 atom stereocenters. The Bertz CT molecular complexity index is 279. The molecule has 0 aromatic rings. The standard InChI is InChI=1S/C17H33NO3/c1-3-5-6-7-8-9-10-11-12-13-14-15(17(20)21)16(19)18-4-2/h15H,3-14H2,1-2H3,(H,18,19)(H,20,21). The lowest BCUT2D eigenvalue weighted by Gasteiger charge is -2.11. The molecule has 0 aromatic carbocycles. The van der Waals surface area contributed by atoms with Crippen molar-refractivity contribution in [1.82, 2.24) is 5.32 Å². The number of amides is 1. The third-order valence-electron chi connectivity index (χ3n) is 3.81. The van der Waals surface area contributed by atoms with Crippen molar-refractivity contribution in [3.63, 3.8) is 0 Å². The average Bonchev–Trinajstić information content (AvgIpc) is 2.44. The molecule has 2 N–H and O–H groups in total. The summed E-state index contributed by atoms with van der Waals surface area (Å²) in [6, 6.07) is 0. The Morgan fingerprint density at radius 2 is 1.33 bits per heavy atom. The first kappa shape index (κ1) is 19.9. The van der Waals surface area contributed by atoms with E-state index < -0.39 is 11.9 Å². The van der Waals surface area contributed by atoms with Gasteiger partial charge < -0.3 is 10.4 Å². The van der Waals surface area contributed by atoms with Crippen LogP contribution in [-0.2, 0) is 9.59 Å². The van der Waals surface area contributed by atoms with Gasteiger partial charge in [0.15, 0.2) is 0 Å². The monoisotopic (exact) mass is 299 g/mol. The number of unbranched alkanes of at least 4 members (excludes halogenated alkanes) is 9. The summed E-state index contributed by atoms with van der Waals surface area (Å²) in [7, 11) is 0. The van der Waals surface area contributed by atoms with Crippen LogP contribution in [0.1, 0.15) is 84.5 Å². The second-order valence-electron chi connectivity index (χ2n) is 5.76. The van der Waals surface area contributed by atoms with Crippen LogP contribution in [-0.4, -0.2) is 23.5 Å². The molecule has 0 spiro atoms. The van der Waals surface area contributed by atoms with E-state index in [0.29, 0.717) is 13.0 Å². The van der Waals surface area contributed by atoms with Crippen molar-refractivity contribution >= 4 is 11.9 Å². The summed E-state index contributed by atoms with van der Waals surface area (Å²) in [5.41, 5.74) is 0. The van der Waals surface area contributed by atoms with E-state index >= 15 is 0 Å². The molecule has 124 valence electrons. The van der Waals surface area contributed by atoms with Gasteiger partial charge in [0, 0.05) is 6.54 Å². The summed E-state index contributed by atoms with van der Waals surface area (Å²) in [4.78, 5) is 22.6. The maximum absolute atomic E-state index is 11.6. The maximum Gasteiger partial charge on any atom is 0.316 e. The molecular formula is C17H33NO3. The SMILES string of the molecule is CCCCCCCCCCCCC(C(=O)O)C(=O)NCC. The number of carbonyl (C=O) groups is 2. The number of rotatable bonds is 14. The molecule has 0 fully saturated rings. The summed E-state index contributed by atoms with van der Waals surface area (Å²) in [6.07, 6.45) is 12.6.